The van der Waals surface area contributed by atoms with Crippen molar-refractivity contribution in [3.8, 4) is 0 Å². The van der Waals surface area contributed by atoms with Gasteiger partial charge in [-0.25, -0.2) is 4.98 Å². The zero-order valence-electron chi connectivity index (χ0n) is 11.1. The number of rotatable bonds is 3. The third-order valence-corrected chi connectivity index (χ3v) is 3.26. The highest BCUT2D eigenvalue weighted by Crippen LogP contribution is 2.26. The Morgan fingerprint density at radius 1 is 1.05 bits per heavy atom. The fraction of sp³-hybridized carbons (Fsp3) is 0.200. The predicted molar refractivity (Wildman–Crippen MR) is 87.0 cm³/mol. The molecule has 0 fully saturated rings. The number of nitrogens with one attached hydrogen (secondary N) is 1. The third kappa shape index (κ3) is 3.11. The quantitative estimate of drug-likeness (QED) is 0.781. The molecule has 20 heavy (non-hydrogen) atoms. The highest BCUT2D eigenvalue weighted by atomic mass is 35.5. The highest BCUT2D eigenvalue weighted by molar-refractivity contribution is 5.85. The second kappa shape index (κ2) is 7.27. The number of hydrogen-bond acceptors (Lipinski definition) is 2. The lowest BCUT2D eigenvalue weighted by Crippen LogP contribution is -2.02. The molecule has 0 saturated heterocycles. The van der Waals surface area contributed by atoms with Crippen molar-refractivity contribution in [2.24, 2.45) is 0 Å². The average Bonchev–Trinajstić information content (AvgIpc) is 2.93. The van der Waals surface area contributed by atoms with Crippen LogP contribution in [0.3, 0.4) is 0 Å². The number of benzene rings is 1. The van der Waals surface area contributed by atoms with Crippen LogP contribution in [0.25, 0.3) is 10.9 Å². The molecule has 106 valence electrons. The molecule has 3 rings (SSSR count). The number of H-pyrrole nitrogens is 1. The lowest BCUT2D eigenvalue weighted by molar-refractivity contribution is 0.733. The number of para-hydroxylation sites is 1. The van der Waals surface area contributed by atoms with Gasteiger partial charge in [-0.3, -0.25) is 4.98 Å². The molecule has 0 aliphatic heterocycles. The molecule has 2 heterocycles. The van der Waals surface area contributed by atoms with Crippen molar-refractivity contribution >= 4 is 35.7 Å². The molecular weight excluding hydrogens is 293 g/mol. The molecule has 0 bridgehead atoms. The molecule has 0 aliphatic carbocycles. The Kier molecular flexibility index (Phi) is 5.99. The van der Waals surface area contributed by atoms with E-state index in [-0.39, 0.29) is 30.7 Å². The van der Waals surface area contributed by atoms with Gasteiger partial charge in [0.05, 0.1) is 23.2 Å². The van der Waals surface area contributed by atoms with Crippen LogP contribution in [-0.4, -0.2) is 15.0 Å². The van der Waals surface area contributed by atoms with Crippen molar-refractivity contribution in [3.05, 3.63) is 60.3 Å². The van der Waals surface area contributed by atoms with Crippen molar-refractivity contribution in [1.82, 2.24) is 15.0 Å². The van der Waals surface area contributed by atoms with Crippen molar-refractivity contribution in [1.29, 1.82) is 0 Å². The molecule has 5 heteroatoms. The summed E-state index contributed by atoms with van der Waals surface area (Å²) in [5, 5.41) is 1.18. The monoisotopic (exact) mass is 309 g/mol. The fourth-order valence-electron chi connectivity index (χ4n) is 2.31. The van der Waals surface area contributed by atoms with Crippen LogP contribution in [0, 0.1) is 0 Å². The molecule has 1 aromatic carbocycles. The first-order valence-corrected chi connectivity index (χ1v) is 6.23. The average molecular weight is 310 g/mol. The summed E-state index contributed by atoms with van der Waals surface area (Å²) in [6.45, 7) is 2.16. The summed E-state index contributed by atoms with van der Waals surface area (Å²) in [4.78, 5) is 12.1. The van der Waals surface area contributed by atoms with E-state index in [9.17, 15) is 0 Å². The number of aromatic nitrogens is 3. The third-order valence-electron chi connectivity index (χ3n) is 3.26. The van der Waals surface area contributed by atoms with E-state index in [1.165, 1.54) is 5.39 Å². The molecular formula is C15H17Cl2N3. The first-order valence-electron chi connectivity index (χ1n) is 6.23. The lowest BCUT2D eigenvalue weighted by atomic mass is 9.98. The number of hydrogen-bond donors (Lipinski definition) is 1. The number of nitrogens with zero attached hydrogens (tertiary/aromatic N) is 2. The van der Waals surface area contributed by atoms with E-state index in [1.807, 2.05) is 18.3 Å². The van der Waals surface area contributed by atoms with Crippen LogP contribution >= 0.6 is 24.8 Å². The second-order valence-corrected chi connectivity index (χ2v) is 4.38. The second-order valence-electron chi connectivity index (χ2n) is 4.38. The first kappa shape index (κ1) is 16.5. The number of fused-ring (bicyclic) bond motifs is 1. The zero-order chi connectivity index (χ0) is 12.4. The Balaban J connectivity index is 0.000001000. The minimum Gasteiger partial charge on any atom is -0.351 e. The van der Waals surface area contributed by atoms with Gasteiger partial charge in [0.15, 0.2) is 0 Å². The van der Waals surface area contributed by atoms with Gasteiger partial charge in [0.2, 0.25) is 0 Å². The van der Waals surface area contributed by atoms with E-state index < -0.39 is 0 Å². The number of aromatic amines is 1. The predicted octanol–water partition coefficient (Wildman–Crippen LogP) is 4.34. The number of pyridine rings is 1. The van der Waals surface area contributed by atoms with Crippen LogP contribution in [0.1, 0.15) is 30.7 Å². The summed E-state index contributed by atoms with van der Waals surface area (Å²) in [5.41, 5.74) is 3.19. The van der Waals surface area contributed by atoms with E-state index >= 15 is 0 Å². The summed E-state index contributed by atoms with van der Waals surface area (Å²) in [5.74, 6) is 0.265. The molecule has 0 saturated carbocycles. The SMILES string of the molecule is CCC(c1c[nH]cn1)c1ccc2ccccc2n1.Cl.Cl. The Labute approximate surface area is 130 Å². The Morgan fingerprint density at radius 3 is 2.55 bits per heavy atom. The molecule has 3 nitrogen and oxygen atoms in total. The van der Waals surface area contributed by atoms with Crippen molar-refractivity contribution in [2.45, 2.75) is 19.3 Å². The van der Waals surface area contributed by atoms with Gasteiger partial charge in [0, 0.05) is 17.5 Å². The van der Waals surface area contributed by atoms with Crippen molar-refractivity contribution in [3.63, 3.8) is 0 Å². The minimum atomic E-state index is 0. The van der Waals surface area contributed by atoms with Gasteiger partial charge >= 0.3 is 0 Å². The maximum absolute atomic E-state index is 4.75. The zero-order valence-corrected chi connectivity index (χ0v) is 12.7. The Hall–Kier alpha value is -1.58. The summed E-state index contributed by atoms with van der Waals surface area (Å²) in [6, 6.07) is 12.4. The van der Waals surface area contributed by atoms with E-state index in [0.717, 1.165) is 23.3 Å². The van der Waals surface area contributed by atoms with E-state index in [1.54, 1.807) is 6.33 Å². The van der Waals surface area contributed by atoms with Crippen LogP contribution in [0.2, 0.25) is 0 Å². The highest BCUT2D eigenvalue weighted by Gasteiger charge is 2.15. The summed E-state index contributed by atoms with van der Waals surface area (Å²) >= 11 is 0. The molecule has 1 unspecified atom stereocenters. The molecule has 0 aliphatic rings. The molecule has 1 atom stereocenters. The fourth-order valence-corrected chi connectivity index (χ4v) is 2.31. The summed E-state index contributed by atoms with van der Waals surface area (Å²) in [6.07, 6.45) is 4.67. The Morgan fingerprint density at radius 2 is 1.85 bits per heavy atom. The molecule has 0 spiro atoms. The lowest BCUT2D eigenvalue weighted by Gasteiger charge is -2.12. The molecule has 0 amide bonds. The molecule has 2 aromatic heterocycles. The topological polar surface area (TPSA) is 41.6 Å². The van der Waals surface area contributed by atoms with Gasteiger partial charge in [-0.15, -0.1) is 24.8 Å². The van der Waals surface area contributed by atoms with Gasteiger partial charge in [-0.05, 0) is 18.6 Å². The first-order chi connectivity index (χ1) is 8.88. The minimum absolute atomic E-state index is 0. The number of imidazole rings is 1. The standard InChI is InChI=1S/C15H15N3.2ClH/c1-2-12(15-9-16-10-17-15)14-8-7-11-5-3-4-6-13(11)18-14;;/h3-10,12H,2H2,1H3,(H,16,17);2*1H. The molecule has 0 radical (unpaired) electrons. The van der Waals surface area contributed by atoms with E-state index in [4.69, 9.17) is 4.98 Å². The van der Waals surface area contributed by atoms with Gasteiger partial charge < -0.3 is 4.98 Å². The van der Waals surface area contributed by atoms with E-state index in [2.05, 4.69) is 41.2 Å². The van der Waals surface area contributed by atoms with Crippen LogP contribution < -0.4 is 0 Å². The Bertz CT molecular complexity index is 653. The van der Waals surface area contributed by atoms with Crippen molar-refractivity contribution < 1.29 is 0 Å². The van der Waals surface area contributed by atoms with Gasteiger partial charge in [-0.2, -0.15) is 0 Å². The largest absolute Gasteiger partial charge is 0.351 e. The van der Waals surface area contributed by atoms with Gasteiger partial charge in [0.25, 0.3) is 0 Å². The smallest absolute Gasteiger partial charge is 0.0923 e. The summed E-state index contributed by atoms with van der Waals surface area (Å²) in [7, 11) is 0. The van der Waals surface area contributed by atoms with Crippen LogP contribution in [0.15, 0.2) is 48.9 Å². The van der Waals surface area contributed by atoms with Crippen LogP contribution in [0.4, 0.5) is 0 Å². The van der Waals surface area contributed by atoms with Crippen molar-refractivity contribution in [2.75, 3.05) is 0 Å². The summed E-state index contributed by atoms with van der Waals surface area (Å²) < 4.78 is 0. The molecule has 1 N–H and O–H groups in total. The van der Waals surface area contributed by atoms with Crippen LogP contribution in [-0.2, 0) is 0 Å². The number of halogens is 2. The van der Waals surface area contributed by atoms with Crippen LogP contribution in [0.5, 0.6) is 0 Å². The molecule has 3 aromatic rings. The maximum Gasteiger partial charge on any atom is 0.0923 e. The van der Waals surface area contributed by atoms with Gasteiger partial charge in [0.1, 0.15) is 0 Å². The van der Waals surface area contributed by atoms with Gasteiger partial charge in [-0.1, -0.05) is 31.2 Å². The normalized spacial score (nSPS) is 11.4. The van der Waals surface area contributed by atoms with E-state index in [0.29, 0.717) is 0 Å². The maximum atomic E-state index is 4.75.